The van der Waals surface area contributed by atoms with Gasteiger partial charge in [-0.3, -0.25) is 9.78 Å². The third-order valence-electron chi connectivity index (χ3n) is 5.64. The van der Waals surface area contributed by atoms with Crippen molar-refractivity contribution in [2.75, 3.05) is 12.3 Å². The highest BCUT2D eigenvalue weighted by atomic mass is 31.1. The summed E-state index contributed by atoms with van der Waals surface area (Å²) in [6.45, 7) is 9.74. The van der Waals surface area contributed by atoms with Crippen LogP contribution in [0.15, 0.2) is 11.0 Å². The minimum absolute atomic E-state index is 0.118. The van der Waals surface area contributed by atoms with E-state index in [0.29, 0.717) is 0 Å². The van der Waals surface area contributed by atoms with E-state index in [1.54, 1.807) is 0 Å². The van der Waals surface area contributed by atoms with E-state index in [0.717, 1.165) is 0 Å². The van der Waals surface area contributed by atoms with Crippen LogP contribution in [0.25, 0.3) is 11.0 Å². The van der Waals surface area contributed by atoms with E-state index in [-0.39, 0.29) is 22.0 Å². The lowest BCUT2D eigenvalue weighted by atomic mass is 10.1. The Labute approximate surface area is 174 Å². The summed E-state index contributed by atoms with van der Waals surface area (Å²) >= 11 is 0. The Bertz CT molecular complexity index is 1000. The molecule has 0 amide bonds. The highest BCUT2D eigenvalue weighted by Gasteiger charge is 2.55. The van der Waals surface area contributed by atoms with Crippen LogP contribution in [0.5, 0.6) is 0 Å². The van der Waals surface area contributed by atoms with E-state index in [2.05, 4.69) is 15.1 Å². The first-order chi connectivity index (χ1) is 13.9. The van der Waals surface area contributed by atoms with Crippen LogP contribution in [-0.2, 0) is 18.3 Å². The smallest absolute Gasteiger partial charge is 0.408 e. The topological polar surface area (TPSA) is 175 Å². The average Bonchev–Trinajstić information content (AvgIpc) is 3.15. The van der Waals surface area contributed by atoms with Crippen LogP contribution in [0, 0.1) is 0 Å². The molecule has 3 heterocycles. The number of anilines is 1. The van der Waals surface area contributed by atoms with E-state index in [9.17, 15) is 19.4 Å². The van der Waals surface area contributed by atoms with Gasteiger partial charge in [0.2, 0.25) is 5.95 Å². The Morgan fingerprint density at radius 3 is 2.63 bits per heavy atom. The lowest BCUT2D eigenvalue weighted by Crippen LogP contribution is -2.50. The fraction of sp³-hybridized carbons (Fsp3) is 0.688. The van der Waals surface area contributed by atoms with Crippen molar-refractivity contribution in [1.29, 1.82) is 0 Å². The van der Waals surface area contributed by atoms with Crippen molar-refractivity contribution in [3.8, 4) is 0 Å². The molecule has 0 aliphatic carbocycles. The number of aromatic amines is 1. The number of fused-ring (bicyclic) bond motifs is 1. The summed E-state index contributed by atoms with van der Waals surface area (Å²) in [6, 6.07) is 0. The van der Waals surface area contributed by atoms with Gasteiger partial charge in [0, 0.05) is 4.57 Å². The lowest BCUT2D eigenvalue weighted by Gasteiger charge is -2.39. The van der Waals surface area contributed by atoms with Crippen molar-refractivity contribution < 1.29 is 28.3 Å². The molecular weight excluding hydrogens is 433 g/mol. The number of hydrogen-bond donors (Lipinski definition) is 4. The fourth-order valence-corrected chi connectivity index (χ4v) is 4.82. The first-order valence-electron chi connectivity index (χ1n) is 9.36. The Balaban J connectivity index is 2.07. The second-order valence-corrected chi connectivity index (χ2v) is 14.1. The molecule has 0 radical (unpaired) electrons. The van der Waals surface area contributed by atoms with Crippen LogP contribution in [0.3, 0.4) is 0 Å². The van der Waals surface area contributed by atoms with Crippen LogP contribution in [0.1, 0.15) is 27.0 Å². The standard InChI is InChI=1S/C16H26N5O7PSi/c1-16(2,3)30(4,5)28-10-9(7-22)26-14(11(10)27-29(24)25)21-12-8(6-18-21)13(23)20-15(17)19-12/h6,9-11,14,22H,7H2,1-5H3,(H3-,17,18,19,20,23,24,25)/p+1/t9-,10?,11?,14-/m1/s1. The summed E-state index contributed by atoms with van der Waals surface area (Å²) in [4.78, 5) is 28.1. The second kappa shape index (κ2) is 8.08. The Hall–Kier alpha value is -1.73. The zero-order chi connectivity index (χ0) is 22.4. The van der Waals surface area contributed by atoms with Gasteiger partial charge in [0.05, 0.1) is 12.8 Å². The molecule has 1 fully saturated rings. The first-order valence-corrected chi connectivity index (χ1v) is 13.4. The van der Waals surface area contributed by atoms with Crippen LogP contribution < -0.4 is 11.3 Å². The second-order valence-electron chi connectivity index (χ2n) is 8.68. The van der Waals surface area contributed by atoms with Crippen molar-refractivity contribution in [2.24, 2.45) is 0 Å². The van der Waals surface area contributed by atoms with Gasteiger partial charge < -0.3 is 20.0 Å². The minimum Gasteiger partial charge on any atom is -0.408 e. The number of hydrogen-bond acceptors (Lipinski definition) is 9. The van der Waals surface area contributed by atoms with Crippen LogP contribution in [0.2, 0.25) is 18.1 Å². The van der Waals surface area contributed by atoms with Crippen molar-refractivity contribution in [3.05, 3.63) is 16.6 Å². The summed E-state index contributed by atoms with van der Waals surface area (Å²) in [5.41, 5.74) is 5.29. The number of aliphatic hydroxyl groups is 1. The van der Waals surface area contributed by atoms with Crippen molar-refractivity contribution in [1.82, 2.24) is 19.7 Å². The van der Waals surface area contributed by atoms with Crippen molar-refractivity contribution in [3.63, 3.8) is 0 Å². The van der Waals surface area contributed by atoms with Gasteiger partial charge in [-0.25, -0.2) is 4.68 Å². The molecule has 3 rings (SSSR count). The molecule has 166 valence electrons. The number of nitrogens with zero attached hydrogens (tertiary/aromatic N) is 3. The SMILES string of the molecule is CC(C)(C)[Si](C)(C)OC1C(O[P+](=O)O)[C@H](n2ncc3c(=O)[nH]c(N)nc32)O[C@@H]1CO. The molecule has 1 aliphatic heterocycles. The number of aromatic nitrogens is 4. The first kappa shape index (κ1) is 22.9. The number of nitrogens with two attached hydrogens (primary N) is 1. The molecule has 12 nitrogen and oxygen atoms in total. The number of H-pyrrole nitrogens is 1. The van der Waals surface area contributed by atoms with Crippen LogP contribution in [0.4, 0.5) is 5.95 Å². The maximum Gasteiger partial charge on any atom is 0.695 e. The number of nitrogen functional groups attached to an aromatic ring is 1. The summed E-state index contributed by atoms with van der Waals surface area (Å²) in [7, 11) is -5.40. The largest absolute Gasteiger partial charge is 0.695 e. The Kier molecular flexibility index (Phi) is 6.18. The zero-order valence-corrected chi connectivity index (χ0v) is 19.3. The molecule has 5 atom stereocenters. The van der Waals surface area contributed by atoms with Gasteiger partial charge >= 0.3 is 8.25 Å². The summed E-state index contributed by atoms with van der Waals surface area (Å²) in [6.07, 6.45) is -2.56. The molecule has 30 heavy (non-hydrogen) atoms. The van der Waals surface area contributed by atoms with Gasteiger partial charge in [-0.15, -0.1) is 9.42 Å². The molecule has 0 bridgehead atoms. The molecular formula is C16H27N5O7PSi+. The summed E-state index contributed by atoms with van der Waals surface area (Å²) in [5.74, 6) is -0.120. The Morgan fingerprint density at radius 1 is 1.40 bits per heavy atom. The summed E-state index contributed by atoms with van der Waals surface area (Å²) in [5, 5.41) is 14.1. The molecule has 0 saturated carbocycles. The van der Waals surface area contributed by atoms with Crippen molar-refractivity contribution in [2.45, 2.75) is 63.4 Å². The van der Waals surface area contributed by atoms with E-state index in [4.69, 9.17) is 19.4 Å². The summed E-state index contributed by atoms with van der Waals surface area (Å²) < 4.78 is 30.4. The third-order valence-corrected chi connectivity index (χ3v) is 10.5. The van der Waals surface area contributed by atoms with E-state index in [1.165, 1.54) is 10.9 Å². The normalized spacial score (nSPS) is 25.8. The van der Waals surface area contributed by atoms with Gasteiger partial charge in [-0.05, 0) is 18.1 Å². The number of aliphatic hydroxyl groups excluding tert-OH is 1. The highest BCUT2D eigenvalue weighted by molar-refractivity contribution is 7.32. The minimum atomic E-state index is -3.02. The zero-order valence-electron chi connectivity index (χ0n) is 17.4. The number of ether oxygens (including phenoxy) is 1. The molecule has 5 N–H and O–H groups in total. The molecule has 0 spiro atoms. The molecule has 14 heteroatoms. The predicted molar refractivity (Wildman–Crippen MR) is 110 cm³/mol. The van der Waals surface area contributed by atoms with Crippen LogP contribution in [-0.4, -0.2) is 63.0 Å². The van der Waals surface area contributed by atoms with E-state index >= 15 is 0 Å². The van der Waals surface area contributed by atoms with Crippen LogP contribution >= 0.6 is 8.25 Å². The molecule has 1 saturated heterocycles. The monoisotopic (exact) mass is 460 g/mol. The van der Waals surface area contributed by atoms with Gasteiger partial charge in [0.15, 0.2) is 26.3 Å². The lowest BCUT2D eigenvalue weighted by molar-refractivity contribution is -0.0534. The van der Waals surface area contributed by atoms with E-state index < -0.39 is 53.3 Å². The van der Waals surface area contributed by atoms with Gasteiger partial charge in [0.25, 0.3) is 5.56 Å². The molecule has 2 aromatic heterocycles. The number of nitrogens with one attached hydrogen (secondary N) is 1. The van der Waals surface area contributed by atoms with E-state index in [1.807, 2.05) is 33.9 Å². The molecule has 3 unspecified atom stereocenters. The third kappa shape index (κ3) is 4.19. The maximum atomic E-state index is 12.1. The average molecular weight is 460 g/mol. The highest BCUT2D eigenvalue weighted by Crippen LogP contribution is 2.44. The fourth-order valence-electron chi connectivity index (χ4n) is 3.07. The number of rotatable bonds is 6. The molecule has 0 aromatic carbocycles. The van der Waals surface area contributed by atoms with Gasteiger partial charge in [0.1, 0.15) is 17.6 Å². The quantitative estimate of drug-likeness (QED) is 0.360. The van der Waals surface area contributed by atoms with Gasteiger partial charge in [-0.1, -0.05) is 20.8 Å². The molecule has 2 aromatic rings. The maximum absolute atomic E-state index is 12.1. The van der Waals surface area contributed by atoms with Gasteiger partial charge in [-0.2, -0.15) is 10.1 Å². The van der Waals surface area contributed by atoms with Crippen molar-refractivity contribution >= 4 is 33.6 Å². The predicted octanol–water partition coefficient (Wildman–Crippen LogP) is 1.02. The Morgan fingerprint density at radius 2 is 2.07 bits per heavy atom. The molecule has 1 aliphatic rings.